The van der Waals surface area contributed by atoms with Crippen LogP contribution in [0, 0.1) is 0 Å². The molecule has 0 unspecified atom stereocenters. The van der Waals surface area contributed by atoms with Gasteiger partial charge in [0, 0.05) is 24.8 Å². The average molecular weight is 245 g/mol. The summed E-state index contributed by atoms with van der Waals surface area (Å²) in [7, 11) is 1.58. The molecular formula is C12H11N3O3. The van der Waals surface area contributed by atoms with Crippen LogP contribution in [0.25, 0.3) is 0 Å². The number of amides is 3. The van der Waals surface area contributed by atoms with Crippen LogP contribution < -0.4 is 15.8 Å². The molecule has 1 aromatic rings. The van der Waals surface area contributed by atoms with Gasteiger partial charge in [0.1, 0.15) is 0 Å². The lowest BCUT2D eigenvalue weighted by atomic mass is 10.2. The SMILES string of the molecule is CNNC(=O)c1ccc(N2C(=O)C=CC2=O)cc1. The third-order valence-corrected chi connectivity index (χ3v) is 2.44. The van der Waals surface area contributed by atoms with Gasteiger partial charge in [-0.2, -0.15) is 0 Å². The standard InChI is InChI=1S/C12H11N3O3/c1-13-14-12(18)8-2-4-9(5-3-8)15-10(16)6-7-11(15)17/h2-7,13H,1H3,(H,14,18). The fourth-order valence-corrected chi connectivity index (χ4v) is 1.60. The van der Waals surface area contributed by atoms with Crippen LogP contribution in [-0.4, -0.2) is 24.8 Å². The van der Waals surface area contributed by atoms with E-state index in [1.165, 1.54) is 12.2 Å². The zero-order valence-corrected chi connectivity index (χ0v) is 9.64. The number of nitrogens with one attached hydrogen (secondary N) is 2. The number of carbonyl (C=O) groups excluding carboxylic acids is 3. The molecule has 2 rings (SSSR count). The Kier molecular flexibility index (Phi) is 3.20. The molecule has 1 aromatic carbocycles. The lowest BCUT2D eigenvalue weighted by molar-refractivity contribution is -0.119. The topological polar surface area (TPSA) is 78.5 Å². The Labute approximate surface area is 103 Å². The number of hydrazine groups is 1. The van der Waals surface area contributed by atoms with E-state index in [0.717, 1.165) is 4.90 Å². The fraction of sp³-hybridized carbons (Fsp3) is 0.0833. The monoisotopic (exact) mass is 245 g/mol. The number of anilines is 1. The highest BCUT2D eigenvalue weighted by Crippen LogP contribution is 2.19. The number of nitrogens with zero attached hydrogens (tertiary/aromatic N) is 1. The van der Waals surface area contributed by atoms with Gasteiger partial charge in [-0.05, 0) is 24.3 Å². The van der Waals surface area contributed by atoms with E-state index in [2.05, 4.69) is 10.9 Å². The van der Waals surface area contributed by atoms with Crippen LogP contribution in [-0.2, 0) is 9.59 Å². The summed E-state index contributed by atoms with van der Waals surface area (Å²) in [6.07, 6.45) is 2.42. The first-order valence-electron chi connectivity index (χ1n) is 5.27. The number of imide groups is 1. The molecule has 0 aromatic heterocycles. The lowest BCUT2D eigenvalue weighted by Crippen LogP contribution is -2.34. The summed E-state index contributed by atoms with van der Waals surface area (Å²) in [4.78, 5) is 35.4. The normalized spacial score (nSPS) is 14.2. The molecule has 0 saturated heterocycles. The predicted octanol–water partition coefficient (Wildman–Crippen LogP) is -0.0198. The van der Waals surface area contributed by atoms with E-state index < -0.39 is 0 Å². The van der Waals surface area contributed by atoms with Crippen molar-refractivity contribution in [3.63, 3.8) is 0 Å². The highest BCUT2D eigenvalue weighted by molar-refractivity contribution is 6.28. The van der Waals surface area contributed by atoms with Gasteiger partial charge < -0.3 is 0 Å². The maximum absolute atomic E-state index is 11.5. The van der Waals surface area contributed by atoms with Gasteiger partial charge in [-0.15, -0.1) is 0 Å². The van der Waals surface area contributed by atoms with Gasteiger partial charge in [0.25, 0.3) is 17.7 Å². The Morgan fingerprint density at radius 2 is 1.61 bits per heavy atom. The Morgan fingerprint density at radius 3 is 2.11 bits per heavy atom. The number of hydrogen-bond acceptors (Lipinski definition) is 4. The Balaban J connectivity index is 2.20. The molecule has 6 nitrogen and oxygen atoms in total. The van der Waals surface area contributed by atoms with Gasteiger partial charge in [0.2, 0.25) is 0 Å². The molecule has 0 spiro atoms. The Hall–Kier alpha value is -2.47. The zero-order chi connectivity index (χ0) is 13.1. The van der Waals surface area contributed by atoms with Gasteiger partial charge in [-0.3, -0.25) is 19.8 Å². The van der Waals surface area contributed by atoms with Crippen molar-refractivity contribution in [1.82, 2.24) is 10.9 Å². The number of carbonyl (C=O) groups is 3. The summed E-state index contributed by atoms with van der Waals surface area (Å²) < 4.78 is 0. The van der Waals surface area contributed by atoms with Crippen molar-refractivity contribution >= 4 is 23.4 Å². The summed E-state index contributed by atoms with van der Waals surface area (Å²) in [6.45, 7) is 0. The van der Waals surface area contributed by atoms with Crippen LogP contribution in [0.4, 0.5) is 5.69 Å². The van der Waals surface area contributed by atoms with Crippen molar-refractivity contribution in [3.8, 4) is 0 Å². The fourth-order valence-electron chi connectivity index (χ4n) is 1.60. The molecule has 0 fully saturated rings. The molecule has 18 heavy (non-hydrogen) atoms. The van der Waals surface area contributed by atoms with Crippen molar-refractivity contribution in [2.24, 2.45) is 0 Å². The average Bonchev–Trinajstić information content (AvgIpc) is 2.70. The first kappa shape index (κ1) is 12.0. The molecule has 0 bridgehead atoms. The third-order valence-electron chi connectivity index (χ3n) is 2.44. The van der Waals surface area contributed by atoms with Crippen LogP contribution in [0.15, 0.2) is 36.4 Å². The molecule has 0 aliphatic carbocycles. The van der Waals surface area contributed by atoms with Gasteiger partial charge >= 0.3 is 0 Å². The molecule has 1 aliphatic heterocycles. The molecule has 0 atom stereocenters. The minimum absolute atomic E-state index is 0.291. The van der Waals surface area contributed by atoms with E-state index in [1.54, 1.807) is 31.3 Å². The number of hydrogen-bond donors (Lipinski definition) is 2. The minimum Gasteiger partial charge on any atom is -0.288 e. The van der Waals surface area contributed by atoms with Crippen LogP contribution in [0.2, 0.25) is 0 Å². The molecule has 92 valence electrons. The highest BCUT2D eigenvalue weighted by Gasteiger charge is 2.24. The van der Waals surface area contributed by atoms with Gasteiger partial charge in [-0.1, -0.05) is 0 Å². The second-order valence-electron chi connectivity index (χ2n) is 3.60. The van der Waals surface area contributed by atoms with Crippen LogP contribution in [0.1, 0.15) is 10.4 Å². The van der Waals surface area contributed by atoms with Crippen molar-refractivity contribution in [3.05, 3.63) is 42.0 Å². The predicted molar refractivity (Wildman–Crippen MR) is 64.6 cm³/mol. The van der Waals surface area contributed by atoms with Gasteiger partial charge in [-0.25, -0.2) is 10.3 Å². The smallest absolute Gasteiger partial charge is 0.265 e. The van der Waals surface area contributed by atoms with Crippen LogP contribution >= 0.6 is 0 Å². The largest absolute Gasteiger partial charge is 0.288 e. The van der Waals surface area contributed by atoms with Gasteiger partial charge in [0.05, 0.1) is 5.69 Å². The van der Waals surface area contributed by atoms with Gasteiger partial charge in [0.15, 0.2) is 0 Å². The van der Waals surface area contributed by atoms with Crippen molar-refractivity contribution in [1.29, 1.82) is 0 Å². The van der Waals surface area contributed by atoms with Crippen molar-refractivity contribution in [2.75, 3.05) is 11.9 Å². The highest BCUT2D eigenvalue weighted by atomic mass is 16.2. The molecule has 0 radical (unpaired) electrons. The van der Waals surface area contributed by atoms with E-state index >= 15 is 0 Å². The molecule has 1 heterocycles. The molecule has 0 saturated carbocycles. The van der Waals surface area contributed by atoms with E-state index in [9.17, 15) is 14.4 Å². The first-order valence-corrected chi connectivity index (χ1v) is 5.27. The molecule has 3 amide bonds. The van der Waals surface area contributed by atoms with Crippen molar-refractivity contribution in [2.45, 2.75) is 0 Å². The van der Waals surface area contributed by atoms with E-state index in [-0.39, 0.29) is 17.7 Å². The quantitative estimate of drug-likeness (QED) is 0.579. The molecular weight excluding hydrogens is 234 g/mol. The summed E-state index contributed by atoms with van der Waals surface area (Å²) in [5.74, 6) is -1.05. The second-order valence-corrected chi connectivity index (χ2v) is 3.60. The molecule has 2 N–H and O–H groups in total. The van der Waals surface area contributed by atoms with Crippen LogP contribution in [0.3, 0.4) is 0 Å². The van der Waals surface area contributed by atoms with Crippen LogP contribution in [0.5, 0.6) is 0 Å². The summed E-state index contributed by atoms with van der Waals surface area (Å²) >= 11 is 0. The molecule has 1 aliphatic rings. The van der Waals surface area contributed by atoms with E-state index in [0.29, 0.717) is 11.3 Å². The Bertz CT molecular complexity index is 516. The van der Waals surface area contributed by atoms with E-state index in [1.807, 2.05) is 0 Å². The summed E-state index contributed by atoms with van der Waals surface area (Å²) in [6, 6.07) is 6.18. The first-order chi connectivity index (χ1) is 8.63. The second kappa shape index (κ2) is 4.80. The van der Waals surface area contributed by atoms with E-state index in [4.69, 9.17) is 0 Å². The number of benzene rings is 1. The number of rotatable bonds is 3. The summed E-state index contributed by atoms with van der Waals surface area (Å²) in [5, 5.41) is 0. The Morgan fingerprint density at radius 1 is 1.06 bits per heavy atom. The summed E-state index contributed by atoms with van der Waals surface area (Å²) in [5.41, 5.74) is 5.81. The third kappa shape index (κ3) is 2.14. The maximum atomic E-state index is 11.5. The van der Waals surface area contributed by atoms with Crippen molar-refractivity contribution < 1.29 is 14.4 Å². The zero-order valence-electron chi connectivity index (χ0n) is 9.64. The molecule has 6 heteroatoms. The minimum atomic E-state index is -0.382. The maximum Gasteiger partial charge on any atom is 0.265 e. The lowest BCUT2D eigenvalue weighted by Gasteiger charge is -2.13.